The highest BCUT2D eigenvalue weighted by Gasteiger charge is 2.35. The van der Waals surface area contributed by atoms with Crippen molar-refractivity contribution in [1.82, 2.24) is 5.32 Å². The van der Waals surface area contributed by atoms with Crippen LogP contribution in [0.25, 0.3) is 0 Å². The second-order valence-corrected chi connectivity index (χ2v) is 8.12. The number of ether oxygens (including phenoxy) is 2. The molecular weight excluding hydrogens is 429 g/mol. The van der Waals surface area contributed by atoms with Gasteiger partial charge in [0.05, 0.1) is 12.0 Å². The largest absolute Gasteiger partial charge is 0.484 e. The number of hydrogen-bond acceptors (Lipinski definition) is 5. The van der Waals surface area contributed by atoms with E-state index < -0.39 is 5.92 Å². The van der Waals surface area contributed by atoms with Crippen LogP contribution in [0.2, 0.25) is 0 Å². The van der Waals surface area contributed by atoms with Gasteiger partial charge in [0.2, 0.25) is 11.8 Å². The molecule has 174 valence electrons. The predicted octanol–water partition coefficient (Wildman–Crippen LogP) is 2.49. The lowest BCUT2D eigenvalue weighted by Gasteiger charge is -2.18. The van der Waals surface area contributed by atoms with Crippen molar-refractivity contribution in [3.05, 3.63) is 54.3 Å². The van der Waals surface area contributed by atoms with E-state index in [2.05, 4.69) is 10.6 Å². The van der Waals surface area contributed by atoms with Crippen molar-refractivity contribution in [3.63, 3.8) is 0 Å². The first kappa shape index (κ1) is 22.7. The summed E-state index contributed by atoms with van der Waals surface area (Å²) < 4.78 is 23.9. The van der Waals surface area contributed by atoms with Gasteiger partial charge in [-0.05, 0) is 61.4 Å². The van der Waals surface area contributed by atoms with E-state index in [1.807, 2.05) is 0 Å². The minimum atomic E-state index is -0.398. The van der Waals surface area contributed by atoms with E-state index in [-0.39, 0.29) is 42.7 Å². The van der Waals surface area contributed by atoms with Crippen LogP contribution >= 0.6 is 0 Å². The molecule has 2 aromatic carbocycles. The third kappa shape index (κ3) is 6.07. The molecule has 2 aliphatic rings. The Hall–Kier alpha value is -3.46. The zero-order chi connectivity index (χ0) is 23.2. The number of anilines is 2. The summed E-state index contributed by atoms with van der Waals surface area (Å²) in [5.74, 6) is -0.938. The van der Waals surface area contributed by atoms with E-state index in [9.17, 15) is 18.8 Å². The molecule has 8 nitrogen and oxygen atoms in total. The Morgan fingerprint density at radius 3 is 2.58 bits per heavy atom. The fraction of sp³-hybridized carbons (Fsp3) is 0.375. The van der Waals surface area contributed by atoms with Crippen molar-refractivity contribution in [2.45, 2.75) is 25.4 Å². The van der Waals surface area contributed by atoms with Gasteiger partial charge in [-0.2, -0.15) is 0 Å². The van der Waals surface area contributed by atoms with Crippen molar-refractivity contribution in [2.75, 3.05) is 36.5 Å². The number of nitrogens with one attached hydrogen (secondary N) is 2. The molecule has 2 heterocycles. The van der Waals surface area contributed by atoms with Gasteiger partial charge in [-0.25, -0.2) is 4.39 Å². The Bertz CT molecular complexity index is 990. The highest BCUT2D eigenvalue weighted by Crippen LogP contribution is 2.27. The van der Waals surface area contributed by atoms with E-state index in [1.54, 1.807) is 29.2 Å². The minimum Gasteiger partial charge on any atom is -0.484 e. The Morgan fingerprint density at radius 2 is 1.88 bits per heavy atom. The molecule has 2 fully saturated rings. The molecule has 0 radical (unpaired) electrons. The Balaban J connectivity index is 1.25. The van der Waals surface area contributed by atoms with E-state index in [0.29, 0.717) is 30.2 Å². The Kier molecular flexibility index (Phi) is 7.19. The highest BCUT2D eigenvalue weighted by atomic mass is 19.1. The molecule has 9 heteroatoms. The van der Waals surface area contributed by atoms with Gasteiger partial charge in [-0.3, -0.25) is 14.4 Å². The molecule has 0 spiro atoms. The number of halogens is 1. The van der Waals surface area contributed by atoms with Crippen molar-refractivity contribution >= 4 is 29.1 Å². The van der Waals surface area contributed by atoms with Crippen LogP contribution in [0.5, 0.6) is 5.75 Å². The standard InChI is InChI=1S/C24H26FN3O5/c25-17-3-5-18(6-4-17)27-22(29)15-33-20-9-7-19(8-10-20)28-14-16(12-23(28)30)24(31)26-13-21-2-1-11-32-21/h3-10,16,21H,1-2,11-15H2,(H,26,31)(H,27,29)/t16-,21+/m1/s1. The summed E-state index contributed by atoms with van der Waals surface area (Å²) >= 11 is 0. The highest BCUT2D eigenvalue weighted by molar-refractivity contribution is 6.00. The molecule has 0 aliphatic carbocycles. The lowest BCUT2D eigenvalue weighted by Crippen LogP contribution is -2.37. The lowest BCUT2D eigenvalue weighted by molar-refractivity contribution is -0.126. The van der Waals surface area contributed by atoms with Gasteiger partial charge in [0, 0.05) is 37.5 Å². The second kappa shape index (κ2) is 10.4. The van der Waals surface area contributed by atoms with E-state index in [1.165, 1.54) is 24.3 Å². The molecule has 2 saturated heterocycles. The first-order chi connectivity index (χ1) is 16.0. The molecule has 2 aromatic rings. The number of benzene rings is 2. The predicted molar refractivity (Wildman–Crippen MR) is 119 cm³/mol. The van der Waals surface area contributed by atoms with Gasteiger partial charge in [-0.1, -0.05) is 0 Å². The summed E-state index contributed by atoms with van der Waals surface area (Å²) in [7, 11) is 0. The normalized spacial score (nSPS) is 20.0. The molecule has 2 N–H and O–H groups in total. The maximum Gasteiger partial charge on any atom is 0.262 e. The van der Waals surface area contributed by atoms with E-state index in [4.69, 9.17) is 9.47 Å². The van der Waals surface area contributed by atoms with Crippen LogP contribution in [0.1, 0.15) is 19.3 Å². The van der Waals surface area contributed by atoms with Gasteiger partial charge in [0.1, 0.15) is 11.6 Å². The summed E-state index contributed by atoms with van der Waals surface area (Å²) in [5.41, 5.74) is 1.14. The van der Waals surface area contributed by atoms with Gasteiger partial charge >= 0.3 is 0 Å². The van der Waals surface area contributed by atoms with Crippen LogP contribution in [0, 0.1) is 11.7 Å². The molecule has 33 heavy (non-hydrogen) atoms. The fourth-order valence-electron chi connectivity index (χ4n) is 3.90. The number of nitrogens with zero attached hydrogens (tertiary/aromatic N) is 1. The van der Waals surface area contributed by atoms with Gasteiger partial charge in [0.25, 0.3) is 5.91 Å². The zero-order valence-corrected chi connectivity index (χ0v) is 18.1. The Morgan fingerprint density at radius 1 is 1.12 bits per heavy atom. The summed E-state index contributed by atoms with van der Waals surface area (Å²) in [6.07, 6.45) is 2.18. The van der Waals surface area contributed by atoms with Crippen LogP contribution in [0.15, 0.2) is 48.5 Å². The summed E-state index contributed by atoms with van der Waals surface area (Å²) in [4.78, 5) is 38.5. The lowest BCUT2D eigenvalue weighted by atomic mass is 10.1. The average molecular weight is 455 g/mol. The summed E-state index contributed by atoms with van der Waals surface area (Å²) in [6.45, 7) is 1.31. The van der Waals surface area contributed by atoms with Crippen molar-refractivity contribution in [1.29, 1.82) is 0 Å². The van der Waals surface area contributed by atoms with E-state index >= 15 is 0 Å². The van der Waals surface area contributed by atoms with Gasteiger partial charge in [0.15, 0.2) is 6.61 Å². The molecule has 0 saturated carbocycles. The fourth-order valence-corrected chi connectivity index (χ4v) is 3.90. The first-order valence-electron chi connectivity index (χ1n) is 11.0. The molecule has 0 bridgehead atoms. The summed E-state index contributed by atoms with van der Waals surface area (Å²) in [6, 6.07) is 12.2. The maximum absolute atomic E-state index is 12.9. The quantitative estimate of drug-likeness (QED) is 0.638. The average Bonchev–Trinajstić information content (AvgIpc) is 3.48. The molecule has 3 amide bonds. The van der Waals surface area contributed by atoms with Crippen molar-refractivity contribution < 1.29 is 28.2 Å². The van der Waals surface area contributed by atoms with Crippen LogP contribution in [0.4, 0.5) is 15.8 Å². The van der Waals surface area contributed by atoms with Crippen LogP contribution in [0.3, 0.4) is 0 Å². The molecule has 4 rings (SSSR count). The van der Waals surface area contributed by atoms with Crippen LogP contribution in [-0.2, 0) is 19.1 Å². The minimum absolute atomic E-state index is 0.0625. The Labute approximate surface area is 191 Å². The second-order valence-electron chi connectivity index (χ2n) is 8.12. The summed E-state index contributed by atoms with van der Waals surface area (Å²) in [5, 5.41) is 5.51. The molecule has 0 unspecified atom stereocenters. The SMILES string of the molecule is O=C(COc1ccc(N2C[C@H](C(=O)NC[C@@H]3CCCO3)CC2=O)cc1)Nc1ccc(F)cc1. The molecular formula is C24H26FN3O5. The molecule has 2 atom stereocenters. The van der Waals surface area contributed by atoms with Crippen molar-refractivity contribution in [3.8, 4) is 5.75 Å². The third-order valence-corrected chi connectivity index (χ3v) is 5.67. The van der Waals surface area contributed by atoms with Crippen LogP contribution < -0.4 is 20.3 Å². The number of amides is 3. The maximum atomic E-state index is 12.9. The number of rotatable bonds is 8. The third-order valence-electron chi connectivity index (χ3n) is 5.67. The topological polar surface area (TPSA) is 97.0 Å². The smallest absolute Gasteiger partial charge is 0.262 e. The van der Waals surface area contributed by atoms with Crippen molar-refractivity contribution in [2.24, 2.45) is 5.92 Å². The monoisotopic (exact) mass is 455 g/mol. The number of carbonyl (C=O) groups is 3. The molecule has 0 aromatic heterocycles. The zero-order valence-electron chi connectivity index (χ0n) is 18.1. The van der Waals surface area contributed by atoms with Crippen LogP contribution in [-0.4, -0.2) is 50.1 Å². The van der Waals surface area contributed by atoms with E-state index in [0.717, 1.165) is 19.4 Å². The van der Waals surface area contributed by atoms with Gasteiger partial charge < -0.3 is 25.0 Å². The first-order valence-corrected chi connectivity index (χ1v) is 11.0. The molecule has 2 aliphatic heterocycles. The van der Waals surface area contributed by atoms with Gasteiger partial charge in [-0.15, -0.1) is 0 Å². The number of carbonyl (C=O) groups excluding carboxylic acids is 3. The number of hydrogen-bond donors (Lipinski definition) is 2.